The minimum Gasteiger partial charge on any atom is -0.379 e. The van der Waals surface area contributed by atoms with Crippen LogP contribution in [0.3, 0.4) is 0 Å². The van der Waals surface area contributed by atoms with Crippen LogP contribution in [-0.2, 0) is 4.74 Å². The Morgan fingerprint density at radius 3 is 2.85 bits per heavy atom. The molecule has 0 radical (unpaired) electrons. The fourth-order valence-electron chi connectivity index (χ4n) is 2.36. The summed E-state index contributed by atoms with van der Waals surface area (Å²) in [6.07, 6.45) is 0. The van der Waals surface area contributed by atoms with Crippen LogP contribution in [0.5, 0.6) is 0 Å². The molecule has 2 aromatic rings. The van der Waals surface area contributed by atoms with Crippen LogP contribution in [0.15, 0.2) is 29.1 Å². The van der Waals surface area contributed by atoms with E-state index in [0.29, 0.717) is 17.9 Å². The zero-order chi connectivity index (χ0) is 13.9. The molecule has 1 aliphatic rings. The Bertz CT molecular complexity index is 662. The number of rotatable bonds is 3. The van der Waals surface area contributed by atoms with E-state index < -0.39 is 0 Å². The third kappa shape index (κ3) is 2.52. The number of para-hydroxylation sites is 1. The molecule has 0 saturated carbocycles. The number of aromatic nitrogens is 2. The van der Waals surface area contributed by atoms with Crippen molar-refractivity contribution in [2.75, 3.05) is 38.4 Å². The molecular formula is C14H18N4O2. The summed E-state index contributed by atoms with van der Waals surface area (Å²) < 4.78 is 6.83. The molecule has 0 unspecified atom stereocenters. The molecule has 1 aromatic carbocycles. The van der Waals surface area contributed by atoms with E-state index in [1.807, 2.05) is 25.1 Å². The number of nitrogens with zero attached hydrogens (tertiary/aromatic N) is 3. The first-order chi connectivity index (χ1) is 9.75. The minimum absolute atomic E-state index is 0.0543. The van der Waals surface area contributed by atoms with Crippen molar-refractivity contribution >= 4 is 10.9 Å². The Morgan fingerprint density at radius 2 is 2.05 bits per heavy atom. The van der Waals surface area contributed by atoms with E-state index in [1.54, 1.807) is 6.07 Å². The third-order valence-electron chi connectivity index (χ3n) is 3.50. The number of ether oxygens (including phenoxy) is 1. The van der Waals surface area contributed by atoms with E-state index >= 15 is 0 Å². The first-order valence-corrected chi connectivity index (χ1v) is 6.78. The quantitative estimate of drug-likeness (QED) is 0.885. The van der Waals surface area contributed by atoms with Gasteiger partial charge in [-0.1, -0.05) is 12.1 Å². The van der Waals surface area contributed by atoms with E-state index in [4.69, 9.17) is 4.74 Å². The van der Waals surface area contributed by atoms with Gasteiger partial charge in [0.05, 0.1) is 30.8 Å². The zero-order valence-electron chi connectivity index (χ0n) is 11.5. The number of morpholine rings is 1. The smallest absolute Gasteiger partial charge is 0.279 e. The van der Waals surface area contributed by atoms with E-state index in [9.17, 15) is 4.79 Å². The monoisotopic (exact) mass is 274 g/mol. The second-order valence-corrected chi connectivity index (χ2v) is 4.86. The van der Waals surface area contributed by atoms with Gasteiger partial charge in [0.25, 0.3) is 5.56 Å². The standard InChI is InChI=1S/C14H18N4O2/c1-11-16-13-5-3-2-4-12(13)14(19)18(11)15-10-17-6-8-20-9-7-17/h2-5,15H,6-10H2,1H3. The highest BCUT2D eigenvalue weighted by atomic mass is 16.5. The summed E-state index contributed by atoms with van der Waals surface area (Å²) in [5.74, 6) is 0.668. The fourth-order valence-corrected chi connectivity index (χ4v) is 2.36. The van der Waals surface area contributed by atoms with Gasteiger partial charge in [-0.15, -0.1) is 0 Å². The maximum absolute atomic E-state index is 12.4. The lowest BCUT2D eigenvalue weighted by Crippen LogP contribution is -2.44. The molecule has 106 valence electrons. The van der Waals surface area contributed by atoms with Crippen LogP contribution < -0.4 is 11.0 Å². The van der Waals surface area contributed by atoms with Crippen molar-refractivity contribution in [1.29, 1.82) is 0 Å². The molecule has 20 heavy (non-hydrogen) atoms. The lowest BCUT2D eigenvalue weighted by molar-refractivity contribution is 0.0400. The molecule has 1 saturated heterocycles. The highest BCUT2D eigenvalue weighted by Gasteiger charge is 2.11. The Balaban J connectivity index is 1.85. The van der Waals surface area contributed by atoms with Gasteiger partial charge in [-0.3, -0.25) is 9.69 Å². The van der Waals surface area contributed by atoms with Crippen molar-refractivity contribution < 1.29 is 4.74 Å². The molecule has 1 aromatic heterocycles. The number of hydrogen-bond acceptors (Lipinski definition) is 5. The molecule has 1 aliphatic heterocycles. The Kier molecular flexibility index (Phi) is 3.66. The first-order valence-electron chi connectivity index (χ1n) is 6.78. The van der Waals surface area contributed by atoms with Gasteiger partial charge in [0.15, 0.2) is 0 Å². The largest absolute Gasteiger partial charge is 0.379 e. The van der Waals surface area contributed by atoms with Crippen LogP contribution in [-0.4, -0.2) is 47.5 Å². The molecular weight excluding hydrogens is 256 g/mol. The van der Waals surface area contributed by atoms with E-state index in [0.717, 1.165) is 31.8 Å². The van der Waals surface area contributed by atoms with Gasteiger partial charge >= 0.3 is 0 Å². The van der Waals surface area contributed by atoms with Crippen LogP contribution >= 0.6 is 0 Å². The Morgan fingerprint density at radius 1 is 1.30 bits per heavy atom. The molecule has 2 heterocycles. The Hall–Kier alpha value is -1.92. The average Bonchev–Trinajstić information content (AvgIpc) is 2.48. The number of benzene rings is 1. The average molecular weight is 274 g/mol. The molecule has 6 heteroatoms. The van der Waals surface area contributed by atoms with Crippen LogP contribution in [0.2, 0.25) is 0 Å². The van der Waals surface area contributed by atoms with E-state index in [-0.39, 0.29) is 5.56 Å². The van der Waals surface area contributed by atoms with Gasteiger partial charge < -0.3 is 10.2 Å². The lowest BCUT2D eigenvalue weighted by atomic mass is 10.2. The van der Waals surface area contributed by atoms with Crippen molar-refractivity contribution in [3.05, 3.63) is 40.4 Å². The van der Waals surface area contributed by atoms with Gasteiger partial charge in [-0.05, 0) is 19.1 Å². The van der Waals surface area contributed by atoms with Gasteiger partial charge in [-0.25, -0.2) is 9.66 Å². The highest BCUT2D eigenvalue weighted by molar-refractivity contribution is 5.77. The predicted octanol–water partition coefficient (Wildman–Crippen LogP) is 0.538. The van der Waals surface area contributed by atoms with Crippen LogP contribution in [0.1, 0.15) is 5.82 Å². The van der Waals surface area contributed by atoms with Crippen molar-refractivity contribution in [3.8, 4) is 0 Å². The molecule has 0 aliphatic carbocycles. The van der Waals surface area contributed by atoms with E-state index in [1.165, 1.54) is 4.68 Å². The summed E-state index contributed by atoms with van der Waals surface area (Å²) in [6.45, 7) is 5.69. The minimum atomic E-state index is -0.0543. The molecule has 6 nitrogen and oxygen atoms in total. The maximum atomic E-state index is 12.4. The maximum Gasteiger partial charge on any atom is 0.279 e. The topological polar surface area (TPSA) is 59.4 Å². The van der Waals surface area contributed by atoms with Crippen LogP contribution in [0, 0.1) is 6.92 Å². The zero-order valence-corrected chi connectivity index (χ0v) is 11.5. The Labute approximate surface area is 117 Å². The van der Waals surface area contributed by atoms with Crippen LogP contribution in [0.25, 0.3) is 10.9 Å². The summed E-state index contributed by atoms with van der Waals surface area (Å²) in [5, 5.41) is 0.632. The fraction of sp³-hybridized carbons (Fsp3) is 0.429. The third-order valence-corrected chi connectivity index (χ3v) is 3.50. The number of hydrogen-bond donors (Lipinski definition) is 1. The second kappa shape index (κ2) is 5.60. The number of nitrogens with one attached hydrogen (secondary N) is 1. The lowest BCUT2D eigenvalue weighted by Gasteiger charge is -2.27. The van der Waals surface area contributed by atoms with Crippen molar-refractivity contribution in [2.45, 2.75) is 6.92 Å². The second-order valence-electron chi connectivity index (χ2n) is 4.86. The molecule has 3 rings (SSSR count). The first kappa shape index (κ1) is 13.1. The van der Waals surface area contributed by atoms with Crippen LogP contribution in [0.4, 0.5) is 0 Å². The van der Waals surface area contributed by atoms with Crippen molar-refractivity contribution in [2.24, 2.45) is 0 Å². The molecule has 1 fully saturated rings. The summed E-state index contributed by atoms with van der Waals surface area (Å²) in [5.41, 5.74) is 3.84. The van der Waals surface area contributed by atoms with Gasteiger partial charge in [0.1, 0.15) is 5.82 Å². The number of aryl methyl sites for hydroxylation is 1. The van der Waals surface area contributed by atoms with Crippen molar-refractivity contribution in [3.63, 3.8) is 0 Å². The molecule has 0 amide bonds. The predicted molar refractivity (Wildman–Crippen MR) is 77.4 cm³/mol. The van der Waals surface area contributed by atoms with E-state index in [2.05, 4.69) is 15.3 Å². The van der Waals surface area contributed by atoms with Gasteiger partial charge in [0, 0.05) is 13.1 Å². The number of fused-ring (bicyclic) bond motifs is 1. The van der Waals surface area contributed by atoms with Gasteiger partial charge in [-0.2, -0.15) is 0 Å². The summed E-state index contributed by atoms with van der Waals surface area (Å²) >= 11 is 0. The summed E-state index contributed by atoms with van der Waals surface area (Å²) in [4.78, 5) is 19.1. The SMILES string of the molecule is Cc1nc2ccccc2c(=O)n1NCN1CCOCC1. The van der Waals surface area contributed by atoms with Crippen molar-refractivity contribution in [1.82, 2.24) is 14.6 Å². The highest BCUT2D eigenvalue weighted by Crippen LogP contribution is 2.06. The summed E-state index contributed by atoms with van der Waals surface area (Å²) in [6, 6.07) is 7.40. The molecule has 0 spiro atoms. The molecule has 0 atom stereocenters. The molecule has 1 N–H and O–H groups in total. The van der Waals surface area contributed by atoms with Gasteiger partial charge in [0.2, 0.25) is 0 Å². The normalized spacial score (nSPS) is 16.4. The molecule has 0 bridgehead atoms. The summed E-state index contributed by atoms with van der Waals surface area (Å²) in [7, 11) is 0.